The van der Waals surface area contributed by atoms with E-state index in [-0.39, 0.29) is 17.9 Å². The lowest BCUT2D eigenvalue weighted by Gasteiger charge is -2.41. The highest BCUT2D eigenvalue weighted by Crippen LogP contribution is 2.42. The SMILES string of the molecule is NC1CCN(SN2[C@@H]3CC[C@H]2CC(NC(=O)c2ccc4c(c2)CC(=O)N4)C3)CC1. The Morgan fingerprint density at radius 3 is 2.59 bits per heavy atom. The van der Waals surface area contributed by atoms with Crippen LogP contribution in [0.4, 0.5) is 5.69 Å². The summed E-state index contributed by atoms with van der Waals surface area (Å²) in [5.41, 5.74) is 8.42. The minimum Gasteiger partial charge on any atom is -0.349 e. The maximum atomic E-state index is 12.8. The topological polar surface area (TPSA) is 90.7 Å². The molecule has 0 aromatic heterocycles. The summed E-state index contributed by atoms with van der Waals surface area (Å²) in [6.45, 7) is 2.13. The van der Waals surface area contributed by atoms with Crippen LogP contribution in [0.1, 0.15) is 54.4 Å². The lowest BCUT2D eigenvalue weighted by atomic mass is 9.99. The molecule has 3 atom stereocenters. The molecule has 8 heteroatoms. The smallest absolute Gasteiger partial charge is 0.251 e. The van der Waals surface area contributed by atoms with Crippen LogP contribution in [0, 0.1) is 0 Å². The Morgan fingerprint density at radius 2 is 1.86 bits per heavy atom. The molecule has 3 fully saturated rings. The fourth-order valence-electron chi connectivity index (χ4n) is 5.12. The van der Waals surface area contributed by atoms with Gasteiger partial charge in [-0.2, -0.15) is 0 Å². The van der Waals surface area contributed by atoms with Crippen molar-refractivity contribution >= 4 is 29.6 Å². The van der Waals surface area contributed by atoms with Gasteiger partial charge < -0.3 is 16.4 Å². The highest BCUT2D eigenvalue weighted by atomic mass is 32.2. The molecule has 156 valence electrons. The highest BCUT2D eigenvalue weighted by molar-refractivity contribution is 7.94. The number of rotatable bonds is 4. The summed E-state index contributed by atoms with van der Waals surface area (Å²) in [5.74, 6) is -0.0302. The Morgan fingerprint density at radius 1 is 1.14 bits per heavy atom. The van der Waals surface area contributed by atoms with Crippen LogP contribution in [0.2, 0.25) is 0 Å². The van der Waals surface area contributed by atoms with E-state index in [1.54, 1.807) is 6.07 Å². The largest absolute Gasteiger partial charge is 0.349 e. The molecule has 0 aliphatic carbocycles. The lowest BCUT2D eigenvalue weighted by molar-refractivity contribution is -0.115. The van der Waals surface area contributed by atoms with Crippen LogP contribution in [0.25, 0.3) is 0 Å². The third kappa shape index (κ3) is 4.03. The number of anilines is 1. The molecule has 4 aliphatic heterocycles. The summed E-state index contributed by atoms with van der Waals surface area (Å²) in [7, 11) is 0. The van der Waals surface area contributed by atoms with Gasteiger partial charge in [0, 0.05) is 60.6 Å². The number of benzene rings is 1. The zero-order valence-electron chi connectivity index (χ0n) is 16.6. The first-order chi connectivity index (χ1) is 14.0. The summed E-state index contributed by atoms with van der Waals surface area (Å²) < 4.78 is 5.06. The molecular formula is C21H29N5O2S. The van der Waals surface area contributed by atoms with Gasteiger partial charge in [0.2, 0.25) is 5.91 Å². The zero-order chi connectivity index (χ0) is 20.0. The predicted octanol–water partition coefficient (Wildman–Crippen LogP) is 1.89. The molecule has 2 amide bonds. The fraction of sp³-hybridized carbons (Fsp3) is 0.619. The van der Waals surface area contributed by atoms with Crippen molar-refractivity contribution in [1.82, 2.24) is 13.9 Å². The van der Waals surface area contributed by atoms with Crippen molar-refractivity contribution < 1.29 is 9.59 Å². The van der Waals surface area contributed by atoms with Crippen molar-refractivity contribution in [3.05, 3.63) is 29.3 Å². The number of carbonyl (C=O) groups excluding carboxylic acids is 2. The Bertz CT molecular complexity index is 796. The predicted molar refractivity (Wildman–Crippen MR) is 114 cm³/mol. The van der Waals surface area contributed by atoms with Crippen LogP contribution < -0.4 is 16.4 Å². The fourth-order valence-corrected chi connectivity index (χ4v) is 6.41. The van der Waals surface area contributed by atoms with Gasteiger partial charge in [-0.15, -0.1) is 0 Å². The molecule has 2 bridgehead atoms. The summed E-state index contributed by atoms with van der Waals surface area (Å²) in [4.78, 5) is 24.3. The summed E-state index contributed by atoms with van der Waals surface area (Å²) in [6.07, 6.45) is 6.96. The first-order valence-corrected chi connectivity index (χ1v) is 11.5. The van der Waals surface area contributed by atoms with E-state index in [9.17, 15) is 9.59 Å². The number of hydrogen-bond donors (Lipinski definition) is 3. The van der Waals surface area contributed by atoms with Gasteiger partial charge in [0.1, 0.15) is 0 Å². The van der Waals surface area contributed by atoms with Crippen LogP contribution in [0.15, 0.2) is 18.2 Å². The first-order valence-electron chi connectivity index (χ1n) is 10.8. The normalized spacial score (nSPS) is 30.2. The second kappa shape index (κ2) is 7.91. The molecule has 0 saturated carbocycles. The summed E-state index contributed by atoms with van der Waals surface area (Å²) in [6, 6.07) is 7.13. The van der Waals surface area contributed by atoms with E-state index in [2.05, 4.69) is 19.2 Å². The Balaban J connectivity index is 1.18. The van der Waals surface area contributed by atoms with Gasteiger partial charge in [0.05, 0.1) is 6.42 Å². The van der Waals surface area contributed by atoms with Crippen molar-refractivity contribution in [3.8, 4) is 0 Å². The number of amides is 2. The maximum Gasteiger partial charge on any atom is 0.251 e. The Hall–Kier alpha value is -1.61. The quantitative estimate of drug-likeness (QED) is 0.651. The molecule has 0 spiro atoms. The number of piperidine rings is 2. The molecule has 0 radical (unpaired) electrons. The molecule has 4 N–H and O–H groups in total. The van der Waals surface area contributed by atoms with E-state index in [0.29, 0.717) is 30.1 Å². The van der Waals surface area contributed by atoms with Gasteiger partial charge in [0.25, 0.3) is 5.91 Å². The third-order valence-electron chi connectivity index (χ3n) is 6.70. The second-order valence-corrected chi connectivity index (χ2v) is 9.93. The van der Waals surface area contributed by atoms with Crippen molar-refractivity contribution in [2.75, 3.05) is 18.4 Å². The number of fused-ring (bicyclic) bond motifs is 3. The van der Waals surface area contributed by atoms with E-state index >= 15 is 0 Å². The standard InChI is InChI=1S/C21H29N5O2S/c22-15-5-7-25(8-6-15)29-26-17-2-3-18(26)12-16(11-17)23-21(28)13-1-4-19-14(9-13)10-20(27)24-19/h1,4,9,15-18H,2-3,5-8,10-12,22H2,(H,23,28)(H,24,27)/t16?,17-,18+. The monoisotopic (exact) mass is 415 g/mol. The maximum absolute atomic E-state index is 12.8. The summed E-state index contributed by atoms with van der Waals surface area (Å²) in [5, 5.41) is 6.07. The van der Waals surface area contributed by atoms with Gasteiger partial charge in [-0.1, -0.05) is 0 Å². The van der Waals surface area contributed by atoms with Gasteiger partial charge >= 0.3 is 0 Å². The van der Waals surface area contributed by atoms with Crippen LogP contribution in [0.3, 0.4) is 0 Å². The lowest BCUT2D eigenvalue weighted by Crippen LogP contribution is -2.49. The number of nitrogens with two attached hydrogens (primary N) is 1. The van der Waals surface area contributed by atoms with Crippen LogP contribution in [-0.2, 0) is 11.2 Å². The van der Waals surface area contributed by atoms with E-state index in [1.807, 2.05) is 24.3 Å². The Kier molecular flexibility index (Phi) is 5.28. The highest BCUT2D eigenvalue weighted by Gasteiger charge is 2.42. The van der Waals surface area contributed by atoms with E-state index in [4.69, 9.17) is 5.73 Å². The van der Waals surface area contributed by atoms with Crippen molar-refractivity contribution in [2.45, 2.75) is 69.1 Å². The minimum absolute atomic E-state index is 0.00491. The number of nitrogens with zero attached hydrogens (tertiary/aromatic N) is 2. The van der Waals surface area contributed by atoms with Crippen LogP contribution in [0.5, 0.6) is 0 Å². The molecule has 5 rings (SSSR count). The molecule has 1 aromatic rings. The van der Waals surface area contributed by atoms with E-state index in [1.165, 1.54) is 12.8 Å². The number of hydrogen-bond acceptors (Lipinski definition) is 6. The molecule has 4 aliphatic rings. The molecular weight excluding hydrogens is 386 g/mol. The molecule has 7 nitrogen and oxygen atoms in total. The third-order valence-corrected chi connectivity index (χ3v) is 8.08. The minimum atomic E-state index is -0.0253. The van der Waals surface area contributed by atoms with E-state index in [0.717, 1.165) is 50.0 Å². The van der Waals surface area contributed by atoms with Gasteiger partial charge in [-0.25, -0.2) is 8.61 Å². The van der Waals surface area contributed by atoms with E-state index < -0.39 is 0 Å². The first kappa shape index (κ1) is 19.4. The number of nitrogens with one attached hydrogen (secondary N) is 2. The summed E-state index contributed by atoms with van der Waals surface area (Å²) >= 11 is 1.91. The second-order valence-electron chi connectivity index (χ2n) is 8.83. The Labute approximate surface area is 176 Å². The molecule has 29 heavy (non-hydrogen) atoms. The molecule has 1 unspecified atom stereocenters. The average molecular weight is 416 g/mol. The number of carbonyl (C=O) groups is 2. The van der Waals surface area contributed by atoms with Crippen molar-refractivity contribution in [2.24, 2.45) is 5.73 Å². The average Bonchev–Trinajstić information content (AvgIpc) is 3.18. The zero-order valence-corrected chi connectivity index (χ0v) is 17.4. The van der Waals surface area contributed by atoms with Gasteiger partial charge in [-0.05, 0) is 62.3 Å². The van der Waals surface area contributed by atoms with Gasteiger partial charge in [0.15, 0.2) is 0 Å². The van der Waals surface area contributed by atoms with Gasteiger partial charge in [-0.3, -0.25) is 9.59 Å². The van der Waals surface area contributed by atoms with Crippen molar-refractivity contribution in [1.29, 1.82) is 0 Å². The molecule has 4 heterocycles. The van der Waals surface area contributed by atoms with Crippen molar-refractivity contribution in [3.63, 3.8) is 0 Å². The molecule has 1 aromatic carbocycles. The molecule has 3 saturated heterocycles. The van der Waals surface area contributed by atoms with Crippen LogP contribution >= 0.6 is 12.1 Å². The van der Waals surface area contributed by atoms with Crippen LogP contribution in [-0.4, -0.2) is 57.7 Å².